The van der Waals surface area contributed by atoms with Gasteiger partial charge in [0, 0.05) is 23.0 Å². The number of ether oxygens (including phenoxy) is 2. The van der Waals surface area contributed by atoms with Gasteiger partial charge in [0.2, 0.25) is 0 Å². The first-order valence-corrected chi connectivity index (χ1v) is 8.39. The first-order chi connectivity index (χ1) is 12.1. The first-order valence-electron chi connectivity index (χ1n) is 8.01. The van der Waals surface area contributed by atoms with Crippen LogP contribution in [0.4, 0.5) is 10.5 Å². The molecule has 0 heterocycles. The Balaban J connectivity index is 1.95. The zero-order chi connectivity index (χ0) is 18.1. The lowest BCUT2D eigenvalue weighted by molar-refractivity contribution is 0.255. The van der Waals surface area contributed by atoms with E-state index in [-0.39, 0.29) is 6.03 Å². The Morgan fingerprint density at radius 2 is 1.72 bits per heavy atom. The highest BCUT2D eigenvalue weighted by Crippen LogP contribution is 2.30. The highest BCUT2D eigenvalue weighted by Gasteiger charge is 2.07. The van der Waals surface area contributed by atoms with E-state index < -0.39 is 0 Å². The molecular weight excluding hydrogens is 340 g/mol. The van der Waals surface area contributed by atoms with Gasteiger partial charge in [-0.3, -0.25) is 0 Å². The Hall–Kier alpha value is -2.66. The summed E-state index contributed by atoms with van der Waals surface area (Å²) in [6, 6.07) is 12.2. The lowest BCUT2D eigenvalue weighted by Gasteiger charge is -2.12. The van der Waals surface area contributed by atoms with Crippen molar-refractivity contribution in [2.45, 2.75) is 13.8 Å². The van der Waals surface area contributed by atoms with E-state index in [2.05, 4.69) is 10.6 Å². The van der Waals surface area contributed by atoms with Crippen molar-refractivity contribution < 1.29 is 14.3 Å². The fourth-order valence-electron chi connectivity index (χ4n) is 2.08. The van der Waals surface area contributed by atoms with Crippen LogP contribution < -0.4 is 20.1 Å². The highest BCUT2D eigenvalue weighted by atomic mass is 35.5. The molecule has 2 amide bonds. The van der Waals surface area contributed by atoms with Crippen molar-refractivity contribution in [3.8, 4) is 11.5 Å². The Kier molecular flexibility index (Phi) is 7.16. The molecule has 0 unspecified atom stereocenters. The van der Waals surface area contributed by atoms with Crippen LogP contribution in [0.25, 0.3) is 6.08 Å². The van der Waals surface area contributed by atoms with Gasteiger partial charge < -0.3 is 20.1 Å². The average molecular weight is 361 g/mol. The van der Waals surface area contributed by atoms with Crippen LogP contribution in [-0.4, -0.2) is 19.2 Å². The first kappa shape index (κ1) is 18.7. The van der Waals surface area contributed by atoms with Crippen LogP contribution in [0.5, 0.6) is 11.5 Å². The Bertz CT molecular complexity index is 730. The van der Waals surface area contributed by atoms with Gasteiger partial charge in [0.1, 0.15) is 0 Å². The van der Waals surface area contributed by atoms with Crippen molar-refractivity contribution in [1.82, 2.24) is 5.32 Å². The van der Waals surface area contributed by atoms with E-state index in [4.69, 9.17) is 21.1 Å². The summed E-state index contributed by atoms with van der Waals surface area (Å²) in [5.41, 5.74) is 1.55. The lowest BCUT2D eigenvalue weighted by Crippen LogP contribution is -2.23. The van der Waals surface area contributed by atoms with Gasteiger partial charge in [0.05, 0.1) is 13.2 Å². The van der Waals surface area contributed by atoms with E-state index in [1.165, 1.54) is 0 Å². The Morgan fingerprint density at radius 3 is 2.40 bits per heavy atom. The third-order valence-corrected chi connectivity index (χ3v) is 3.41. The van der Waals surface area contributed by atoms with E-state index in [0.717, 1.165) is 5.56 Å². The van der Waals surface area contributed by atoms with Crippen LogP contribution in [0.2, 0.25) is 5.02 Å². The molecule has 2 N–H and O–H groups in total. The highest BCUT2D eigenvalue weighted by molar-refractivity contribution is 6.30. The van der Waals surface area contributed by atoms with E-state index in [9.17, 15) is 4.79 Å². The fourth-order valence-corrected chi connectivity index (χ4v) is 2.21. The van der Waals surface area contributed by atoms with E-state index in [1.807, 2.05) is 26.0 Å². The summed E-state index contributed by atoms with van der Waals surface area (Å²) < 4.78 is 11.0. The molecule has 2 aromatic carbocycles. The summed E-state index contributed by atoms with van der Waals surface area (Å²) in [6.07, 6.45) is 3.34. The third-order valence-electron chi connectivity index (χ3n) is 3.16. The maximum absolute atomic E-state index is 12.0. The van der Waals surface area contributed by atoms with Gasteiger partial charge in [-0.1, -0.05) is 23.7 Å². The zero-order valence-corrected chi connectivity index (χ0v) is 15.0. The number of halogens is 1. The maximum Gasteiger partial charge on any atom is 0.323 e. The maximum atomic E-state index is 12.0. The second-order valence-electron chi connectivity index (χ2n) is 5.01. The van der Waals surface area contributed by atoms with Crippen molar-refractivity contribution in [3.05, 3.63) is 59.3 Å². The van der Waals surface area contributed by atoms with Crippen molar-refractivity contribution >= 4 is 29.4 Å². The molecule has 0 atom stereocenters. The number of nitrogens with one attached hydrogen (secondary N) is 2. The average Bonchev–Trinajstić information content (AvgIpc) is 2.59. The molecule has 5 nitrogen and oxygen atoms in total. The monoisotopic (exact) mass is 360 g/mol. The summed E-state index contributed by atoms with van der Waals surface area (Å²) in [6.45, 7) is 4.86. The van der Waals surface area contributed by atoms with Gasteiger partial charge in [-0.15, -0.1) is 0 Å². The van der Waals surface area contributed by atoms with Crippen molar-refractivity contribution in [2.24, 2.45) is 0 Å². The van der Waals surface area contributed by atoms with Crippen LogP contribution in [0, 0.1) is 0 Å². The number of hydrogen-bond acceptors (Lipinski definition) is 3. The topological polar surface area (TPSA) is 59.6 Å². The minimum Gasteiger partial charge on any atom is -0.490 e. The van der Waals surface area contributed by atoms with Crippen molar-refractivity contribution in [1.29, 1.82) is 0 Å². The number of urea groups is 1. The van der Waals surface area contributed by atoms with E-state index in [1.54, 1.807) is 42.6 Å². The van der Waals surface area contributed by atoms with Crippen molar-refractivity contribution in [2.75, 3.05) is 18.5 Å². The number of rotatable bonds is 7. The quantitative estimate of drug-likeness (QED) is 0.736. The minimum atomic E-state index is -0.350. The summed E-state index contributed by atoms with van der Waals surface area (Å²) in [5.74, 6) is 1.25. The molecule has 0 bridgehead atoms. The van der Waals surface area contributed by atoms with Gasteiger partial charge in [0.25, 0.3) is 0 Å². The Labute approximate surface area is 152 Å². The molecule has 2 aromatic rings. The number of amides is 2. The zero-order valence-electron chi connectivity index (χ0n) is 14.2. The molecule has 0 aliphatic heterocycles. The second-order valence-corrected chi connectivity index (χ2v) is 5.45. The van der Waals surface area contributed by atoms with Gasteiger partial charge in [-0.05, 0) is 49.8 Å². The van der Waals surface area contributed by atoms with Crippen molar-refractivity contribution in [3.63, 3.8) is 0 Å². The van der Waals surface area contributed by atoms with Crippen LogP contribution in [0.1, 0.15) is 19.4 Å². The number of carbonyl (C=O) groups is 1. The predicted octanol–water partition coefficient (Wildman–Crippen LogP) is 4.93. The summed E-state index contributed by atoms with van der Waals surface area (Å²) >= 11 is 5.83. The Morgan fingerprint density at radius 1 is 1.04 bits per heavy atom. The van der Waals surface area contributed by atoms with Gasteiger partial charge in [-0.25, -0.2) is 4.79 Å². The lowest BCUT2D eigenvalue weighted by atomic mass is 10.2. The molecule has 132 valence electrons. The third kappa shape index (κ3) is 6.04. The number of carbonyl (C=O) groups excluding carboxylic acids is 1. The molecule has 0 fully saturated rings. The normalized spacial score (nSPS) is 10.5. The molecule has 0 aliphatic carbocycles. The van der Waals surface area contributed by atoms with Gasteiger partial charge >= 0.3 is 6.03 Å². The second kappa shape index (κ2) is 9.59. The summed E-state index contributed by atoms with van der Waals surface area (Å²) in [7, 11) is 0. The fraction of sp³-hybridized carbons (Fsp3) is 0.211. The van der Waals surface area contributed by atoms with Gasteiger partial charge in [-0.2, -0.15) is 0 Å². The summed E-state index contributed by atoms with van der Waals surface area (Å²) in [4.78, 5) is 12.0. The molecule has 0 aliphatic rings. The summed E-state index contributed by atoms with van der Waals surface area (Å²) in [5, 5.41) is 6.07. The minimum absolute atomic E-state index is 0.350. The largest absolute Gasteiger partial charge is 0.490 e. The molecular formula is C19H21ClN2O3. The standard InChI is InChI=1S/C19H21ClN2O3/c1-3-24-17-10-9-16(13-18(17)25-4-2)22-19(23)21-12-11-14-5-7-15(20)8-6-14/h5-13H,3-4H2,1-2H3,(H2,21,22,23)/b12-11+. The molecule has 25 heavy (non-hydrogen) atoms. The van der Waals surface area contributed by atoms with E-state index >= 15 is 0 Å². The van der Waals surface area contributed by atoms with Gasteiger partial charge in [0.15, 0.2) is 11.5 Å². The molecule has 2 rings (SSSR count). The molecule has 0 aromatic heterocycles. The molecule has 0 saturated heterocycles. The van der Waals surface area contributed by atoms with E-state index in [0.29, 0.717) is 35.4 Å². The predicted molar refractivity (Wildman–Crippen MR) is 101 cm³/mol. The smallest absolute Gasteiger partial charge is 0.323 e. The molecule has 0 saturated carbocycles. The molecule has 0 radical (unpaired) electrons. The number of anilines is 1. The molecule has 6 heteroatoms. The van der Waals surface area contributed by atoms with Crippen LogP contribution in [0.15, 0.2) is 48.7 Å². The SMILES string of the molecule is CCOc1ccc(NC(=O)N/C=C/c2ccc(Cl)cc2)cc1OCC. The number of benzene rings is 2. The van der Waals surface area contributed by atoms with Crippen LogP contribution in [-0.2, 0) is 0 Å². The van der Waals surface area contributed by atoms with Crippen LogP contribution >= 0.6 is 11.6 Å². The van der Waals surface area contributed by atoms with Crippen LogP contribution in [0.3, 0.4) is 0 Å². The number of hydrogen-bond donors (Lipinski definition) is 2. The molecule has 0 spiro atoms.